The van der Waals surface area contributed by atoms with E-state index in [2.05, 4.69) is 0 Å². The number of rotatable bonds is 2. The van der Waals surface area contributed by atoms with E-state index >= 15 is 0 Å². The maximum atomic E-state index is 12.2. The van der Waals surface area contributed by atoms with Gasteiger partial charge in [-0.15, -0.1) is 0 Å². The van der Waals surface area contributed by atoms with Crippen molar-refractivity contribution in [2.75, 3.05) is 26.4 Å². The summed E-state index contributed by atoms with van der Waals surface area (Å²) in [5, 5.41) is 18.3. The fourth-order valence-corrected chi connectivity index (χ4v) is 5.46. The van der Waals surface area contributed by atoms with Crippen molar-refractivity contribution in [2.45, 2.75) is 103 Å². The molecule has 0 aromatic rings. The molecule has 0 aromatic heterocycles. The topological polar surface area (TPSA) is 152 Å². The molecule has 2 N–H and O–H groups in total. The largest absolute Gasteiger partial charge is 0.481 e. The number of hydrogen-bond donors (Lipinski definition) is 2. The Morgan fingerprint density at radius 2 is 0.868 bits per heavy atom. The number of carboxylic acid groups (broad SMARTS) is 2. The maximum Gasteiger partial charge on any atom is 0.410 e. The van der Waals surface area contributed by atoms with Gasteiger partial charge in [0.25, 0.3) is 0 Å². The number of carbonyl (C=O) groups excluding carboxylic acids is 2. The molecule has 12 heteroatoms. The number of carboxylic acids is 2. The summed E-state index contributed by atoms with van der Waals surface area (Å²) < 4.78 is 21.7. The molecule has 0 unspecified atom stereocenters. The van der Waals surface area contributed by atoms with E-state index in [-0.39, 0.29) is 36.4 Å². The molecule has 4 heterocycles. The van der Waals surface area contributed by atoms with Gasteiger partial charge in [0, 0.05) is 0 Å². The maximum absolute atomic E-state index is 12.2. The molecule has 4 bridgehead atoms. The van der Waals surface area contributed by atoms with Crippen LogP contribution in [0.15, 0.2) is 0 Å². The summed E-state index contributed by atoms with van der Waals surface area (Å²) >= 11 is 0. The second-order valence-electron chi connectivity index (χ2n) is 12.5. The van der Waals surface area contributed by atoms with Crippen LogP contribution in [0, 0.1) is 11.8 Å². The number of ether oxygens (including phenoxy) is 4. The van der Waals surface area contributed by atoms with E-state index in [1.165, 1.54) is 0 Å². The lowest BCUT2D eigenvalue weighted by Gasteiger charge is -2.47. The Balaban J connectivity index is 0.000000211. The number of aliphatic carboxylic acids is 2. The number of amides is 2. The highest BCUT2D eigenvalue weighted by Crippen LogP contribution is 2.34. The van der Waals surface area contributed by atoms with Crippen molar-refractivity contribution in [3.63, 3.8) is 0 Å². The average Bonchev–Trinajstić information content (AvgIpc) is 2.75. The number of piperidine rings is 2. The van der Waals surface area contributed by atoms with Gasteiger partial charge in [0.15, 0.2) is 0 Å². The smallest absolute Gasteiger partial charge is 0.410 e. The summed E-state index contributed by atoms with van der Waals surface area (Å²) in [7, 11) is 0. The average molecular weight is 543 g/mol. The van der Waals surface area contributed by atoms with E-state index in [0.29, 0.717) is 52.1 Å². The predicted molar refractivity (Wildman–Crippen MR) is 134 cm³/mol. The molecule has 0 saturated carbocycles. The lowest BCUT2D eigenvalue weighted by Crippen LogP contribution is -2.60. The van der Waals surface area contributed by atoms with E-state index in [1.807, 2.05) is 41.5 Å². The van der Waals surface area contributed by atoms with Gasteiger partial charge < -0.3 is 29.2 Å². The third kappa shape index (κ3) is 7.72. The van der Waals surface area contributed by atoms with Crippen LogP contribution in [-0.2, 0) is 28.5 Å². The lowest BCUT2D eigenvalue weighted by molar-refractivity contribution is -0.150. The van der Waals surface area contributed by atoms with Gasteiger partial charge in [-0.25, -0.2) is 9.59 Å². The normalized spacial score (nSPS) is 30.9. The second kappa shape index (κ2) is 11.6. The van der Waals surface area contributed by atoms with Crippen molar-refractivity contribution < 1.29 is 48.3 Å². The van der Waals surface area contributed by atoms with Crippen molar-refractivity contribution in [3.05, 3.63) is 0 Å². The van der Waals surface area contributed by atoms with Crippen LogP contribution in [0.5, 0.6) is 0 Å². The van der Waals surface area contributed by atoms with Crippen LogP contribution in [0.1, 0.15) is 67.2 Å². The second-order valence-corrected chi connectivity index (χ2v) is 12.5. The fourth-order valence-electron chi connectivity index (χ4n) is 5.46. The Morgan fingerprint density at radius 3 is 1.08 bits per heavy atom. The zero-order valence-electron chi connectivity index (χ0n) is 23.2. The molecule has 216 valence electrons. The highest BCUT2D eigenvalue weighted by Gasteiger charge is 2.46. The highest BCUT2D eigenvalue weighted by molar-refractivity contribution is 5.73. The first-order chi connectivity index (χ1) is 17.6. The van der Waals surface area contributed by atoms with Gasteiger partial charge >= 0.3 is 24.1 Å². The van der Waals surface area contributed by atoms with Crippen LogP contribution >= 0.6 is 0 Å². The molecule has 0 radical (unpaired) electrons. The van der Waals surface area contributed by atoms with Crippen LogP contribution in [0.4, 0.5) is 9.59 Å². The van der Waals surface area contributed by atoms with Gasteiger partial charge in [0.1, 0.15) is 11.2 Å². The van der Waals surface area contributed by atoms with Crippen molar-refractivity contribution in [3.8, 4) is 0 Å². The van der Waals surface area contributed by atoms with Crippen molar-refractivity contribution in [1.82, 2.24) is 9.80 Å². The van der Waals surface area contributed by atoms with Gasteiger partial charge in [-0.1, -0.05) is 0 Å². The van der Waals surface area contributed by atoms with E-state index < -0.39 is 35.0 Å². The fraction of sp³-hybridized carbons (Fsp3) is 0.846. The molecule has 4 aliphatic rings. The van der Waals surface area contributed by atoms with Crippen LogP contribution in [-0.4, -0.2) is 106 Å². The molecule has 0 aliphatic carbocycles. The summed E-state index contributed by atoms with van der Waals surface area (Å²) in [4.78, 5) is 50.0. The Bertz CT molecular complexity index is 795. The molecule has 0 aromatic carbocycles. The van der Waals surface area contributed by atoms with Crippen LogP contribution < -0.4 is 0 Å². The standard InChI is InChI=1S/2C13H21NO5/c2*1-13(2,3)19-12(17)14-9-4-8(11(15)16)5-10(14)7-18-6-9/h2*8-10H,4-7H2,1-3H3,(H,15,16)/t2*9-,10-/m10/s1. The molecule has 4 aliphatic heterocycles. The van der Waals surface area contributed by atoms with Gasteiger partial charge in [-0.05, 0) is 67.2 Å². The molecular weight excluding hydrogens is 500 g/mol. The molecule has 4 atom stereocenters. The van der Waals surface area contributed by atoms with Crippen LogP contribution in [0.3, 0.4) is 0 Å². The minimum atomic E-state index is -0.791. The van der Waals surface area contributed by atoms with E-state index in [1.54, 1.807) is 9.80 Å². The summed E-state index contributed by atoms with van der Waals surface area (Å²) in [5.74, 6) is -2.36. The summed E-state index contributed by atoms with van der Waals surface area (Å²) in [6, 6.07) is -0.765. The molecule has 12 nitrogen and oxygen atoms in total. The van der Waals surface area contributed by atoms with Gasteiger partial charge in [-0.3, -0.25) is 19.4 Å². The predicted octanol–water partition coefficient (Wildman–Crippen LogP) is 2.97. The van der Waals surface area contributed by atoms with Gasteiger partial charge in [0.2, 0.25) is 0 Å². The van der Waals surface area contributed by atoms with Gasteiger partial charge in [0.05, 0.1) is 62.4 Å². The quantitative estimate of drug-likeness (QED) is 0.533. The summed E-state index contributed by atoms with van der Waals surface area (Å²) in [6.45, 7) is 12.5. The molecule has 0 spiro atoms. The Morgan fingerprint density at radius 1 is 0.605 bits per heavy atom. The molecule has 4 fully saturated rings. The number of hydrogen-bond acceptors (Lipinski definition) is 8. The van der Waals surface area contributed by atoms with E-state index in [0.717, 1.165) is 0 Å². The first kappa shape index (κ1) is 29.9. The first-order valence-electron chi connectivity index (χ1n) is 13.2. The van der Waals surface area contributed by atoms with Crippen molar-refractivity contribution >= 4 is 24.1 Å². The minimum Gasteiger partial charge on any atom is -0.481 e. The molecule has 38 heavy (non-hydrogen) atoms. The number of nitrogens with zero attached hydrogens (tertiary/aromatic N) is 2. The van der Waals surface area contributed by atoms with Crippen LogP contribution in [0.2, 0.25) is 0 Å². The van der Waals surface area contributed by atoms with Crippen LogP contribution in [0.25, 0.3) is 0 Å². The summed E-state index contributed by atoms with van der Waals surface area (Å²) in [5.41, 5.74) is -1.09. The Hall–Kier alpha value is -2.60. The number of morpholine rings is 2. The van der Waals surface area contributed by atoms with Gasteiger partial charge in [-0.2, -0.15) is 0 Å². The molecule has 2 amide bonds. The van der Waals surface area contributed by atoms with E-state index in [4.69, 9.17) is 29.2 Å². The third-order valence-corrected chi connectivity index (χ3v) is 6.95. The zero-order chi connectivity index (χ0) is 28.4. The Labute approximate surface area is 223 Å². The number of carbonyl (C=O) groups is 4. The monoisotopic (exact) mass is 542 g/mol. The first-order valence-corrected chi connectivity index (χ1v) is 13.2. The van der Waals surface area contributed by atoms with Crippen molar-refractivity contribution in [1.29, 1.82) is 0 Å². The van der Waals surface area contributed by atoms with Crippen molar-refractivity contribution in [2.24, 2.45) is 11.8 Å². The zero-order valence-corrected chi connectivity index (χ0v) is 23.2. The third-order valence-electron chi connectivity index (χ3n) is 6.95. The summed E-state index contributed by atoms with van der Waals surface area (Å²) in [6.07, 6.45) is 1.01. The minimum absolute atomic E-state index is 0.191. The highest BCUT2D eigenvalue weighted by atomic mass is 16.6. The molecule has 4 saturated heterocycles. The SMILES string of the molecule is CC(C)(C)OC(=O)N1[C@@H]2COC[C@@H]1CC(C(=O)O)C2.CC(C)(C)OC(=O)N1[C@H]2COC[C@H]1CC(C(=O)O)C2. The Kier molecular flexibility index (Phi) is 9.18. The lowest BCUT2D eigenvalue weighted by atomic mass is 9.85. The molecular formula is C26H42N2O10. The number of fused-ring (bicyclic) bond motifs is 4. The van der Waals surface area contributed by atoms with E-state index in [9.17, 15) is 19.2 Å². The molecule has 4 rings (SSSR count).